The molecule has 1 spiro atoms. The summed E-state index contributed by atoms with van der Waals surface area (Å²) in [6, 6.07) is 1.29. The average Bonchev–Trinajstić information content (AvgIpc) is 3.09. The van der Waals surface area contributed by atoms with E-state index in [0.717, 1.165) is 39.1 Å². The molecule has 4 nitrogen and oxygen atoms in total. The zero-order valence-electron chi connectivity index (χ0n) is 13.1. The lowest BCUT2D eigenvalue weighted by atomic mass is 10.0. The first-order chi connectivity index (χ1) is 9.74. The van der Waals surface area contributed by atoms with E-state index in [9.17, 15) is 0 Å². The molecule has 2 aliphatic heterocycles. The lowest BCUT2D eigenvalue weighted by Crippen LogP contribution is -2.57. The number of nitrogens with zero attached hydrogens (tertiary/aromatic N) is 1. The second-order valence-corrected chi connectivity index (χ2v) is 6.70. The molecular formula is C16H30N2O2. The molecule has 116 valence electrons. The maximum atomic E-state index is 6.29. The van der Waals surface area contributed by atoms with E-state index in [1.165, 1.54) is 25.7 Å². The van der Waals surface area contributed by atoms with Crippen molar-refractivity contribution in [2.24, 2.45) is 0 Å². The average molecular weight is 282 g/mol. The van der Waals surface area contributed by atoms with Crippen molar-refractivity contribution in [3.63, 3.8) is 0 Å². The van der Waals surface area contributed by atoms with Crippen molar-refractivity contribution in [3.8, 4) is 0 Å². The Morgan fingerprint density at radius 3 is 2.70 bits per heavy atom. The van der Waals surface area contributed by atoms with Crippen molar-refractivity contribution in [1.29, 1.82) is 0 Å². The third-order valence-corrected chi connectivity index (χ3v) is 5.29. The number of piperazine rings is 1. The molecule has 0 amide bonds. The van der Waals surface area contributed by atoms with Crippen molar-refractivity contribution in [2.75, 3.05) is 26.2 Å². The zero-order chi connectivity index (χ0) is 14.0. The minimum atomic E-state index is -0.204. The van der Waals surface area contributed by atoms with Crippen LogP contribution in [0.2, 0.25) is 0 Å². The highest BCUT2D eigenvalue weighted by molar-refractivity contribution is 4.89. The standard InChI is InChI=1S/C16H30N2O2/c1-3-13-10-18(14(4-2)9-17-13)11-15-12-19-16(20-15)7-5-6-8-16/h13-15,17H,3-12H2,1-2H3. The summed E-state index contributed by atoms with van der Waals surface area (Å²) < 4.78 is 12.3. The fraction of sp³-hybridized carbons (Fsp3) is 1.00. The largest absolute Gasteiger partial charge is 0.347 e. The van der Waals surface area contributed by atoms with Gasteiger partial charge in [0.1, 0.15) is 0 Å². The van der Waals surface area contributed by atoms with Gasteiger partial charge >= 0.3 is 0 Å². The van der Waals surface area contributed by atoms with Gasteiger partial charge in [0.05, 0.1) is 12.7 Å². The second kappa shape index (κ2) is 6.30. The molecule has 4 heteroatoms. The van der Waals surface area contributed by atoms with Crippen LogP contribution in [0.3, 0.4) is 0 Å². The molecule has 0 aromatic heterocycles. The van der Waals surface area contributed by atoms with Crippen LogP contribution in [0.1, 0.15) is 52.4 Å². The molecule has 3 atom stereocenters. The van der Waals surface area contributed by atoms with Gasteiger partial charge in [-0.1, -0.05) is 13.8 Å². The van der Waals surface area contributed by atoms with Crippen LogP contribution in [0.4, 0.5) is 0 Å². The third-order valence-electron chi connectivity index (χ3n) is 5.29. The predicted octanol–water partition coefficient (Wildman–Crippen LogP) is 2.13. The molecular weight excluding hydrogens is 252 g/mol. The molecule has 20 heavy (non-hydrogen) atoms. The summed E-state index contributed by atoms with van der Waals surface area (Å²) in [5.41, 5.74) is 0. The van der Waals surface area contributed by atoms with E-state index in [-0.39, 0.29) is 11.9 Å². The summed E-state index contributed by atoms with van der Waals surface area (Å²) in [6.45, 7) is 8.66. The molecule has 1 aliphatic carbocycles. The van der Waals surface area contributed by atoms with Gasteiger partial charge in [-0.3, -0.25) is 4.90 Å². The van der Waals surface area contributed by atoms with Crippen molar-refractivity contribution in [2.45, 2.75) is 76.3 Å². The summed E-state index contributed by atoms with van der Waals surface area (Å²) in [7, 11) is 0. The molecule has 1 saturated carbocycles. The number of hydrogen-bond donors (Lipinski definition) is 1. The summed E-state index contributed by atoms with van der Waals surface area (Å²) in [5.74, 6) is -0.204. The predicted molar refractivity (Wildman–Crippen MR) is 79.8 cm³/mol. The molecule has 0 aromatic rings. The summed E-state index contributed by atoms with van der Waals surface area (Å²) in [4.78, 5) is 2.63. The number of hydrogen-bond acceptors (Lipinski definition) is 4. The van der Waals surface area contributed by atoms with Crippen LogP contribution < -0.4 is 5.32 Å². The molecule has 3 aliphatic rings. The maximum absolute atomic E-state index is 6.29. The Labute approximate surface area is 123 Å². The topological polar surface area (TPSA) is 33.7 Å². The highest BCUT2D eigenvalue weighted by Crippen LogP contribution is 2.39. The van der Waals surface area contributed by atoms with Gasteiger partial charge in [0.2, 0.25) is 0 Å². The number of ether oxygens (including phenoxy) is 2. The lowest BCUT2D eigenvalue weighted by molar-refractivity contribution is -0.164. The third kappa shape index (κ3) is 3.03. The SMILES string of the molecule is CCC1CN(CC2COC3(CCCC3)O2)C(CC)CN1. The van der Waals surface area contributed by atoms with Crippen LogP contribution >= 0.6 is 0 Å². The Balaban J connectivity index is 1.55. The molecule has 0 bridgehead atoms. The molecule has 3 fully saturated rings. The van der Waals surface area contributed by atoms with Gasteiger partial charge < -0.3 is 14.8 Å². The minimum Gasteiger partial charge on any atom is -0.347 e. The molecule has 2 saturated heterocycles. The number of rotatable bonds is 4. The summed E-state index contributed by atoms with van der Waals surface area (Å²) >= 11 is 0. The molecule has 0 radical (unpaired) electrons. The van der Waals surface area contributed by atoms with Gasteiger partial charge in [0.15, 0.2) is 5.79 Å². The van der Waals surface area contributed by atoms with Gasteiger partial charge in [0.25, 0.3) is 0 Å². The van der Waals surface area contributed by atoms with Crippen molar-refractivity contribution < 1.29 is 9.47 Å². The Hall–Kier alpha value is -0.160. The van der Waals surface area contributed by atoms with Gasteiger partial charge in [-0.05, 0) is 25.7 Å². The minimum absolute atomic E-state index is 0.204. The smallest absolute Gasteiger partial charge is 0.168 e. The van der Waals surface area contributed by atoms with Crippen LogP contribution in [-0.4, -0.2) is 55.1 Å². The van der Waals surface area contributed by atoms with Gasteiger partial charge in [-0.25, -0.2) is 0 Å². The van der Waals surface area contributed by atoms with Crippen LogP contribution in [-0.2, 0) is 9.47 Å². The van der Waals surface area contributed by atoms with E-state index in [4.69, 9.17) is 9.47 Å². The van der Waals surface area contributed by atoms with Crippen LogP contribution in [0.5, 0.6) is 0 Å². The van der Waals surface area contributed by atoms with Gasteiger partial charge in [-0.2, -0.15) is 0 Å². The Kier molecular flexibility index (Phi) is 4.65. The Morgan fingerprint density at radius 1 is 1.20 bits per heavy atom. The van der Waals surface area contributed by atoms with E-state index in [1.54, 1.807) is 0 Å². The highest BCUT2D eigenvalue weighted by Gasteiger charge is 2.44. The molecule has 2 heterocycles. The van der Waals surface area contributed by atoms with E-state index in [1.807, 2.05) is 0 Å². The van der Waals surface area contributed by atoms with Crippen molar-refractivity contribution in [1.82, 2.24) is 10.2 Å². The zero-order valence-corrected chi connectivity index (χ0v) is 13.1. The molecule has 3 unspecified atom stereocenters. The maximum Gasteiger partial charge on any atom is 0.168 e. The van der Waals surface area contributed by atoms with Crippen molar-refractivity contribution >= 4 is 0 Å². The van der Waals surface area contributed by atoms with E-state index >= 15 is 0 Å². The summed E-state index contributed by atoms with van der Waals surface area (Å²) in [6.07, 6.45) is 7.41. The quantitative estimate of drug-likeness (QED) is 0.856. The first-order valence-corrected chi connectivity index (χ1v) is 8.54. The molecule has 3 rings (SSSR count). The van der Waals surface area contributed by atoms with E-state index in [0.29, 0.717) is 12.1 Å². The normalized spacial score (nSPS) is 37.8. The lowest BCUT2D eigenvalue weighted by Gasteiger charge is -2.41. The first-order valence-electron chi connectivity index (χ1n) is 8.54. The fourth-order valence-electron chi connectivity index (χ4n) is 3.97. The van der Waals surface area contributed by atoms with Crippen LogP contribution in [0.25, 0.3) is 0 Å². The highest BCUT2D eigenvalue weighted by atomic mass is 16.7. The number of nitrogens with one attached hydrogen (secondary N) is 1. The van der Waals surface area contributed by atoms with Gasteiger partial charge in [-0.15, -0.1) is 0 Å². The molecule has 1 N–H and O–H groups in total. The molecule has 0 aromatic carbocycles. The van der Waals surface area contributed by atoms with Crippen LogP contribution in [0, 0.1) is 0 Å². The second-order valence-electron chi connectivity index (χ2n) is 6.70. The van der Waals surface area contributed by atoms with Crippen molar-refractivity contribution in [3.05, 3.63) is 0 Å². The Bertz CT molecular complexity index is 318. The van der Waals surface area contributed by atoms with E-state index < -0.39 is 0 Å². The Morgan fingerprint density at radius 2 is 2.00 bits per heavy atom. The monoisotopic (exact) mass is 282 g/mol. The first kappa shape index (κ1) is 14.8. The van der Waals surface area contributed by atoms with Gasteiger partial charge in [0, 0.05) is 44.6 Å². The fourth-order valence-corrected chi connectivity index (χ4v) is 3.97. The van der Waals surface area contributed by atoms with E-state index in [2.05, 4.69) is 24.1 Å². The summed E-state index contributed by atoms with van der Waals surface area (Å²) in [5, 5.41) is 3.66. The van der Waals surface area contributed by atoms with Crippen LogP contribution in [0.15, 0.2) is 0 Å².